The van der Waals surface area contributed by atoms with Crippen molar-refractivity contribution in [2.75, 3.05) is 66.6 Å². The minimum absolute atomic E-state index is 0. The fourth-order valence-corrected chi connectivity index (χ4v) is 4.49. The van der Waals surface area contributed by atoms with Crippen molar-refractivity contribution in [3.63, 3.8) is 0 Å². The lowest BCUT2D eigenvalue weighted by atomic mass is 9.89. The van der Waals surface area contributed by atoms with Gasteiger partial charge < -0.3 is 25.0 Å². The first kappa shape index (κ1) is 25.6. The van der Waals surface area contributed by atoms with Gasteiger partial charge in [0.25, 0.3) is 0 Å². The summed E-state index contributed by atoms with van der Waals surface area (Å²) < 4.78 is 11.6. The van der Waals surface area contributed by atoms with Crippen molar-refractivity contribution in [3.8, 4) is 0 Å². The van der Waals surface area contributed by atoms with Crippen molar-refractivity contribution in [1.82, 2.24) is 20.4 Å². The summed E-state index contributed by atoms with van der Waals surface area (Å²) in [5, 5.41) is 7.04. The third-order valence-electron chi connectivity index (χ3n) is 6.27. The second-order valence-electron chi connectivity index (χ2n) is 8.76. The number of rotatable bonds is 7. The van der Waals surface area contributed by atoms with E-state index in [0.717, 1.165) is 71.2 Å². The maximum absolute atomic E-state index is 12.0. The van der Waals surface area contributed by atoms with E-state index >= 15 is 0 Å². The van der Waals surface area contributed by atoms with Crippen molar-refractivity contribution >= 4 is 35.8 Å². The second kappa shape index (κ2) is 13.0. The number of carbonyl (C=O) groups is 1. The van der Waals surface area contributed by atoms with Gasteiger partial charge in [-0.05, 0) is 38.6 Å². The lowest BCUT2D eigenvalue weighted by Crippen LogP contribution is -2.51. The first-order valence-corrected chi connectivity index (χ1v) is 11.3. The molecule has 1 amide bonds. The van der Waals surface area contributed by atoms with Gasteiger partial charge in [-0.3, -0.25) is 9.69 Å². The van der Waals surface area contributed by atoms with Crippen molar-refractivity contribution in [2.45, 2.75) is 56.6 Å². The Morgan fingerprint density at radius 3 is 2.63 bits per heavy atom. The SMILES string of the molecule is CN(C)C(=O)CN=C(NCCCN1CCOCC1)NC1CCOC2(CCCC2)C1.I. The van der Waals surface area contributed by atoms with Crippen LogP contribution in [0, 0.1) is 0 Å². The molecule has 1 atom stereocenters. The van der Waals surface area contributed by atoms with Crippen molar-refractivity contribution in [3.05, 3.63) is 0 Å². The van der Waals surface area contributed by atoms with Crippen LogP contribution < -0.4 is 10.6 Å². The summed E-state index contributed by atoms with van der Waals surface area (Å²) >= 11 is 0. The number of aliphatic imine (C=N–C) groups is 1. The molecule has 1 spiro atoms. The zero-order valence-corrected chi connectivity index (χ0v) is 21.0. The van der Waals surface area contributed by atoms with Gasteiger partial charge in [-0.1, -0.05) is 12.8 Å². The van der Waals surface area contributed by atoms with Gasteiger partial charge in [0, 0.05) is 46.4 Å². The number of hydrogen-bond acceptors (Lipinski definition) is 5. The zero-order valence-electron chi connectivity index (χ0n) is 18.7. The van der Waals surface area contributed by atoms with Gasteiger partial charge in [-0.15, -0.1) is 24.0 Å². The average Bonchev–Trinajstić information content (AvgIpc) is 3.17. The molecule has 2 saturated heterocycles. The monoisotopic (exact) mass is 537 g/mol. The van der Waals surface area contributed by atoms with Gasteiger partial charge in [-0.2, -0.15) is 0 Å². The number of nitrogens with one attached hydrogen (secondary N) is 2. The molecular formula is C21H40IN5O3. The fraction of sp³-hybridized carbons (Fsp3) is 0.905. The number of likely N-dealkylation sites (N-methyl/N-ethyl adjacent to an activating group) is 1. The third kappa shape index (κ3) is 8.12. The maximum atomic E-state index is 12.0. The van der Waals surface area contributed by atoms with Gasteiger partial charge in [0.15, 0.2) is 5.96 Å². The van der Waals surface area contributed by atoms with E-state index in [9.17, 15) is 4.79 Å². The van der Waals surface area contributed by atoms with Crippen LogP contribution in [0.3, 0.4) is 0 Å². The number of morpholine rings is 1. The summed E-state index contributed by atoms with van der Waals surface area (Å²) in [7, 11) is 3.53. The van der Waals surface area contributed by atoms with Gasteiger partial charge in [0.2, 0.25) is 5.91 Å². The van der Waals surface area contributed by atoms with Gasteiger partial charge in [0.1, 0.15) is 6.54 Å². The highest BCUT2D eigenvalue weighted by Gasteiger charge is 2.40. The summed E-state index contributed by atoms with van der Waals surface area (Å²) in [5.74, 6) is 0.765. The minimum Gasteiger partial charge on any atom is -0.379 e. The van der Waals surface area contributed by atoms with Crippen LogP contribution in [0.25, 0.3) is 0 Å². The highest BCUT2D eigenvalue weighted by atomic mass is 127. The predicted molar refractivity (Wildman–Crippen MR) is 130 cm³/mol. The van der Waals surface area contributed by atoms with E-state index in [0.29, 0.717) is 6.04 Å². The molecule has 3 aliphatic rings. The van der Waals surface area contributed by atoms with E-state index in [4.69, 9.17) is 9.47 Å². The lowest BCUT2D eigenvalue weighted by Gasteiger charge is -2.39. The number of ether oxygens (including phenoxy) is 2. The smallest absolute Gasteiger partial charge is 0.243 e. The summed E-state index contributed by atoms with van der Waals surface area (Å²) in [5.41, 5.74) is 0.0663. The van der Waals surface area contributed by atoms with Crippen molar-refractivity contribution in [2.24, 2.45) is 4.99 Å². The van der Waals surface area contributed by atoms with Crippen LogP contribution in [0.15, 0.2) is 4.99 Å². The van der Waals surface area contributed by atoms with Gasteiger partial charge >= 0.3 is 0 Å². The molecule has 3 fully saturated rings. The molecular weight excluding hydrogens is 497 g/mol. The first-order chi connectivity index (χ1) is 14.1. The zero-order chi connectivity index (χ0) is 20.5. The minimum atomic E-state index is 0. The first-order valence-electron chi connectivity index (χ1n) is 11.3. The van der Waals surface area contributed by atoms with Gasteiger partial charge in [0.05, 0.1) is 18.8 Å². The Bertz CT molecular complexity index is 549. The topological polar surface area (TPSA) is 78.4 Å². The molecule has 0 aromatic carbocycles. The Morgan fingerprint density at radius 1 is 1.20 bits per heavy atom. The molecule has 0 radical (unpaired) electrons. The summed E-state index contributed by atoms with van der Waals surface area (Å²) in [6.45, 7) is 6.56. The number of hydrogen-bond donors (Lipinski definition) is 2. The van der Waals surface area contributed by atoms with E-state index in [1.807, 2.05) is 0 Å². The molecule has 30 heavy (non-hydrogen) atoms. The van der Waals surface area contributed by atoms with E-state index in [1.165, 1.54) is 25.7 Å². The fourth-order valence-electron chi connectivity index (χ4n) is 4.49. The Labute approximate surface area is 198 Å². The predicted octanol–water partition coefficient (Wildman–Crippen LogP) is 1.44. The van der Waals surface area contributed by atoms with Gasteiger partial charge in [-0.25, -0.2) is 4.99 Å². The number of guanidine groups is 1. The van der Waals surface area contributed by atoms with Crippen LogP contribution >= 0.6 is 24.0 Å². The Balaban J connectivity index is 0.00000320. The maximum Gasteiger partial charge on any atom is 0.243 e. The number of amides is 1. The molecule has 1 unspecified atom stereocenters. The molecule has 8 nitrogen and oxygen atoms in total. The van der Waals surface area contributed by atoms with Crippen molar-refractivity contribution < 1.29 is 14.3 Å². The van der Waals surface area contributed by atoms with Crippen LogP contribution in [-0.4, -0.2) is 99.9 Å². The van der Waals surface area contributed by atoms with Crippen molar-refractivity contribution in [1.29, 1.82) is 0 Å². The average molecular weight is 537 g/mol. The van der Waals surface area contributed by atoms with Crippen LogP contribution in [0.1, 0.15) is 44.9 Å². The van der Waals surface area contributed by atoms with Crippen LogP contribution in [0.5, 0.6) is 0 Å². The quantitative estimate of drug-likeness (QED) is 0.222. The third-order valence-corrected chi connectivity index (χ3v) is 6.27. The molecule has 2 aliphatic heterocycles. The molecule has 0 aromatic rings. The molecule has 0 bridgehead atoms. The molecule has 174 valence electrons. The molecule has 2 heterocycles. The summed E-state index contributed by atoms with van der Waals surface area (Å²) in [4.78, 5) is 20.6. The summed E-state index contributed by atoms with van der Waals surface area (Å²) in [6, 6.07) is 0.349. The lowest BCUT2D eigenvalue weighted by molar-refractivity contribution is -0.127. The number of carbonyl (C=O) groups excluding carboxylic acids is 1. The van der Waals surface area contributed by atoms with E-state index < -0.39 is 0 Å². The molecule has 2 N–H and O–H groups in total. The van der Waals surface area contributed by atoms with E-state index in [-0.39, 0.29) is 42.0 Å². The second-order valence-corrected chi connectivity index (χ2v) is 8.76. The standard InChI is InChI=1S/C21H39N5O3.HI/c1-25(2)19(27)17-23-20(22-9-5-10-26-11-14-28-15-12-26)24-18-6-13-29-21(16-18)7-3-4-8-21;/h18H,3-17H2,1-2H3,(H2,22,23,24);1H. The number of halogens is 1. The highest BCUT2D eigenvalue weighted by molar-refractivity contribution is 14.0. The summed E-state index contributed by atoms with van der Waals surface area (Å²) in [6.07, 6.45) is 7.93. The number of nitrogens with zero attached hydrogens (tertiary/aromatic N) is 3. The Morgan fingerprint density at radius 2 is 1.93 bits per heavy atom. The molecule has 1 saturated carbocycles. The molecule has 1 aliphatic carbocycles. The van der Waals surface area contributed by atoms with E-state index in [2.05, 4.69) is 20.5 Å². The largest absolute Gasteiger partial charge is 0.379 e. The highest BCUT2D eigenvalue weighted by Crippen LogP contribution is 2.39. The van der Waals surface area contributed by atoms with E-state index in [1.54, 1.807) is 19.0 Å². The Hall–Kier alpha value is -0.650. The molecule has 3 rings (SSSR count). The van der Waals surface area contributed by atoms with Crippen LogP contribution in [0.2, 0.25) is 0 Å². The normalized spacial score (nSPS) is 24.3. The Kier molecular flexibility index (Phi) is 11.1. The molecule has 9 heteroatoms. The molecule has 0 aromatic heterocycles. The van der Waals surface area contributed by atoms with Crippen LogP contribution in [-0.2, 0) is 14.3 Å². The van der Waals surface area contributed by atoms with Crippen LogP contribution in [0.4, 0.5) is 0 Å².